The first-order chi connectivity index (χ1) is 12.2. The second kappa shape index (κ2) is 8.70. The number of alkyl carbamates (subject to hydrolysis) is 1. The molecule has 7 heteroatoms. The largest absolute Gasteiger partial charge is 0.465 e. The van der Waals surface area contributed by atoms with Gasteiger partial charge in [0.2, 0.25) is 0 Å². The van der Waals surface area contributed by atoms with Crippen LogP contribution in [0.3, 0.4) is 0 Å². The predicted molar refractivity (Wildman–Crippen MR) is 111 cm³/mol. The maximum absolute atomic E-state index is 12.2. The van der Waals surface area contributed by atoms with Gasteiger partial charge in [0.25, 0.3) is 0 Å². The maximum atomic E-state index is 12.2. The van der Waals surface area contributed by atoms with E-state index in [0.717, 1.165) is 19.4 Å². The van der Waals surface area contributed by atoms with Crippen LogP contribution < -0.4 is 10.6 Å². The minimum Gasteiger partial charge on any atom is -0.444 e. The number of carbonyl (C=O) groups is 1. The second-order valence-electron chi connectivity index (χ2n) is 9.99. The molecule has 0 aromatic carbocycles. The molecule has 1 amide bonds. The highest BCUT2D eigenvalue weighted by Gasteiger charge is 2.59. The van der Waals surface area contributed by atoms with Crippen molar-refractivity contribution in [3.63, 3.8) is 0 Å². The molecule has 1 fully saturated rings. The van der Waals surface area contributed by atoms with Gasteiger partial charge in [0.05, 0.1) is 11.2 Å². The fourth-order valence-electron chi connectivity index (χ4n) is 3.45. The number of carbonyl (C=O) groups excluding carboxylic acids is 1. The Bertz CT molecular complexity index is 489. The zero-order valence-corrected chi connectivity index (χ0v) is 19.1. The van der Waals surface area contributed by atoms with E-state index >= 15 is 0 Å². The fraction of sp³-hybridized carbons (Fsp3) is 0.950. The van der Waals surface area contributed by atoms with Gasteiger partial charge in [0.15, 0.2) is 0 Å². The van der Waals surface area contributed by atoms with Gasteiger partial charge in [-0.1, -0.05) is 20.3 Å². The Hall–Kier alpha value is -0.785. The van der Waals surface area contributed by atoms with Gasteiger partial charge in [-0.25, -0.2) is 4.79 Å². The molecule has 1 rings (SSSR count). The molecule has 1 heterocycles. The summed E-state index contributed by atoms with van der Waals surface area (Å²) in [7, 11) is 1.58. The first kappa shape index (κ1) is 24.3. The normalized spacial score (nSPS) is 22.2. The Morgan fingerprint density at radius 1 is 1.11 bits per heavy atom. The number of hydrogen-bond donors (Lipinski definition) is 2. The van der Waals surface area contributed by atoms with E-state index in [0.29, 0.717) is 6.54 Å². The summed E-state index contributed by atoms with van der Waals surface area (Å²) in [5.41, 5.74) is -1.28. The summed E-state index contributed by atoms with van der Waals surface area (Å²) in [4.78, 5) is 12.2. The lowest BCUT2D eigenvalue weighted by Crippen LogP contribution is -2.49. The van der Waals surface area contributed by atoms with Crippen LogP contribution in [0, 0.1) is 5.92 Å². The molecule has 2 N–H and O–H groups in total. The van der Waals surface area contributed by atoms with E-state index < -0.39 is 5.60 Å². The Morgan fingerprint density at radius 2 is 1.63 bits per heavy atom. The van der Waals surface area contributed by atoms with Crippen molar-refractivity contribution in [3.8, 4) is 0 Å². The highest BCUT2D eigenvalue weighted by Crippen LogP contribution is 2.49. The van der Waals surface area contributed by atoms with Crippen LogP contribution in [-0.4, -0.2) is 50.2 Å². The third-order valence-electron chi connectivity index (χ3n) is 5.81. The van der Waals surface area contributed by atoms with Gasteiger partial charge >= 0.3 is 13.2 Å². The summed E-state index contributed by atoms with van der Waals surface area (Å²) >= 11 is 0. The average Bonchev–Trinajstić information content (AvgIpc) is 2.70. The Balaban J connectivity index is 2.99. The van der Waals surface area contributed by atoms with Gasteiger partial charge in [-0.3, -0.25) is 0 Å². The fourth-order valence-corrected chi connectivity index (χ4v) is 3.45. The first-order valence-corrected chi connectivity index (χ1v) is 10.2. The topological polar surface area (TPSA) is 68.8 Å². The van der Waals surface area contributed by atoms with Crippen molar-refractivity contribution >= 4 is 13.2 Å². The molecule has 0 aromatic rings. The molecule has 1 aliphatic rings. The van der Waals surface area contributed by atoms with Crippen molar-refractivity contribution in [1.29, 1.82) is 0 Å². The molecule has 2 atom stereocenters. The van der Waals surface area contributed by atoms with E-state index in [-0.39, 0.29) is 35.6 Å². The lowest BCUT2D eigenvalue weighted by Gasteiger charge is -2.39. The van der Waals surface area contributed by atoms with Crippen molar-refractivity contribution in [2.45, 2.75) is 97.3 Å². The lowest BCUT2D eigenvalue weighted by molar-refractivity contribution is 0.00578. The van der Waals surface area contributed by atoms with Crippen LogP contribution in [0.25, 0.3) is 0 Å². The number of ether oxygens (including phenoxy) is 1. The molecule has 158 valence electrons. The van der Waals surface area contributed by atoms with E-state index in [9.17, 15) is 4.79 Å². The van der Waals surface area contributed by atoms with Crippen LogP contribution in [0.2, 0.25) is 5.31 Å². The van der Waals surface area contributed by atoms with Crippen molar-refractivity contribution in [3.05, 3.63) is 0 Å². The maximum Gasteiger partial charge on any atom is 0.465 e. The smallest absolute Gasteiger partial charge is 0.444 e. The zero-order chi connectivity index (χ0) is 21.1. The third-order valence-corrected chi connectivity index (χ3v) is 5.81. The number of hydrogen-bond acceptors (Lipinski definition) is 5. The van der Waals surface area contributed by atoms with Gasteiger partial charge in [-0.05, 0) is 74.4 Å². The lowest BCUT2D eigenvalue weighted by atomic mass is 9.51. The van der Waals surface area contributed by atoms with E-state index in [1.54, 1.807) is 0 Å². The monoisotopic (exact) mass is 384 g/mol. The number of nitrogens with one attached hydrogen (secondary N) is 2. The summed E-state index contributed by atoms with van der Waals surface area (Å²) in [6, 6.07) is 0. The molecule has 1 saturated heterocycles. The molecular formula is C20H41BN2O4. The molecule has 0 aromatic heterocycles. The van der Waals surface area contributed by atoms with Gasteiger partial charge in [-0.2, -0.15) is 0 Å². The summed E-state index contributed by atoms with van der Waals surface area (Å²) in [6.45, 7) is 19.5. The van der Waals surface area contributed by atoms with E-state index in [1.807, 2.05) is 27.8 Å². The van der Waals surface area contributed by atoms with Crippen LogP contribution in [0.5, 0.6) is 0 Å². The van der Waals surface area contributed by atoms with Gasteiger partial charge in [-0.15, -0.1) is 0 Å². The summed E-state index contributed by atoms with van der Waals surface area (Å²) in [5.74, 6) is 0.178. The summed E-state index contributed by atoms with van der Waals surface area (Å²) < 4.78 is 18.2. The Labute approximate surface area is 166 Å². The summed E-state index contributed by atoms with van der Waals surface area (Å²) in [6.07, 6.45) is 1.58. The van der Waals surface area contributed by atoms with Crippen molar-refractivity contribution in [2.24, 2.45) is 5.92 Å². The van der Waals surface area contributed by atoms with Crippen molar-refractivity contribution in [2.75, 3.05) is 20.1 Å². The number of rotatable bonds is 8. The first-order valence-electron chi connectivity index (χ1n) is 10.2. The second-order valence-corrected chi connectivity index (χ2v) is 9.99. The van der Waals surface area contributed by atoms with E-state index in [1.165, 1.54) is 0 Å². The third kappa shape index (κ3) is 6.10. The zero-order valence-electron chi connectivity index (χ0n) is 19.1. The molecule has 0 aliphatic carbocycles. The van der Waals surface area contributed by atoms with Gasteiger partial charge in [0.1, 0.15) is 5.60 Å². The molecule has 1 aliphatic heterocycles. The number of amides is 1. The van der Waals surface area contributed by atoms with Crippen molar-refractivity contribution in [1.82, 2.24) is 10.6 Å². The standard InChI is InChI=1S/C20H41BN2O4/c1-11-12-15(13-23-16(24)25-17(2,3)4)20(9,14-22-10)21-26-18(5,6)19(7,8)27-21/h15,22H,11-14H2,1-10H3,(H,23,24)/t15-,20+/m0/s1. The summed E-state index contributed by atoms with van der Waals surface area (Å²) in [5, 5.41) is 5.95. The van der Waals surface area contributed by atoms with Gasteiger partial charge < -0.3 is 24.7 Å². The molecule has 0 radical (unpaired) electrons. The Morgan fingerprint density at radius 3 is 2.04 bits per heavy atom. The minimum atomic E-state index is -0.510. The van der Waals surface area contributed by atoms with E-state index in [4.69, 9.17) is 14.0 Å². The van der Waals surface area contributed by atoms with E-state index in [2.05, 4.69) is 52.2 Å². The molecular weight excluding hydrogens is 343 g/mol. The van der Waals surface area contributed by atoms with Crippen LogP contribution in [0.15, 0.2) is 0 Å². The molecule has 0 spiro atoms. The van der Waals surface area contributed by atoms with Crippen LogP contribution in [0.4, 0.5) is 4.79 Å². The van der Waals surface area contributed by atoms with Crippen molar-refractivity contribution < 1.29 is 18.8 Å². The van der Waals surface area contributed by atoms with Crippen LogP contribution in [0.1, 0.15) is 75.2 Å². The highest BCUT2D eigenvalue weighted by atomic mass is 16.7. The molecule has 0 bridgehead atoms. The molecule has 0 saturated carbocycles. The molecule has 6 nitrogen and oxygen atoms in total. The van der Waals surface area contributed by atoms with Gasteiger partial charge in [0, 0.05) is 11.9 Å². The predicted octanol–water partition coefficient (Wildman–Crippen LogP) is 4.00. The SMILES string of the molecule is CCC[C@@H](CNC(=O)OC(C)(C)C)[C@@](C)(CNC)B1OC(C)(C)C(C)(C)O1. The minimum absolute atomic E-state index is 0.178. The highest BCUT2D eigenvalue weighted by molar-refractivity contribution is 6.49. The quantitative estimate of drug-likeness (QED) is 0.619. The molecule has 27 heavy (non-hydrogen) atoms. The molecule has 0 unspecified atom stereocenters. The average molecular weight is 384 g/mol. The van der Waals surface area contributed by atoms with Crippen LogP contribution in [-0.2, 0) is 14.0 Å². The van der Waals surface area contributed by atoms with Crippen LogP contribution >= 0.6 is 0 Å². The Kier molecular flexibility index (Phi) is 7.82.